The summed E-state index contributed by atoms with van der Waals surface area (Å²) in [6, 6.07) is 3.69. The van der Waals surface area contributed by atoms with Gasteiger partial charge in [0.05, 0.1) is 24.5 Å². The molecule has 0 unspecified atom stereocenters. The van der Waals surface area contributed by atoms with E-state index in [-0.39, 0.29) is 13.1 Å². The van der Waals surface area contributed by atoms with Crippen molar-refractivity contribution in [3.05, 3.63) is 40.3 Å². The third-order valence-electron chi connectivity index (χ3n) is 3.48. The molecule has 1 aliphatic heterocycles. The summed E-state index contributed by atoms with van der Waals surface area (Å²) in [5, 5.41) is 6.82. The van der Waals surface area contributed by atoms with Gasteiger partial charge in [-0.3, -0.25) is 0 Å². The van der Waals surface area contributed by atoms with Crippen LogP contribution < -0.4 is 5.69 Å². The number of amides is 1. The van der Waals surface area contributed by atoms with Gasteiger partial charge in [0.25, 0.3) is 0 Å². The number of carbonyl (C=O) groups excluding carboxylic acids is 1. The molecule has 0 radical (unpaired) electrons. The maximum absolute atomic E-state index is 13.1. The second-order valence-corrected chi connectivity index (χ2v) is 4.98. The fourth-order valence-electron chi connectivity index (χ4n) is 2.30. The molecule has 0 atom stereocenters. The van der Waals surface area contributed by atoms with Gasteiger partial charge >= 0.3 is 17.9 Å². The lowest BCUT2D eigenvalue weighted by Gasteiger charge is -2.25. The third kappa shape index (κ3) is 2.89. The molecule has 1 aliphatic rings. The van der Waals surface area contributed by atoms with Crippen LogP contribution in [0.3, 0.4) is 0 Å². The van der Waals surface area contributed by atoms with Gasteiger partial charge in [0.2, 0.25) is 0 Å². The zero-order valence-electron chi connectivity index (χ0n) is 12.2. The topological polar surface area (TPSA) is 82.2 Å². The Labute approximate surface area is 133 Å². The van der Waals surface area contributed by atoms with Gasteiger partial charge in [0, 0.05) is 13.1 Å². The standard InChI is InChI=1S/C13H12F3N5O3/c14-13(15,16)9-3-1-2-4-10(9)20-12(23)21(18-17-20)11(22)19-5-7-24-8-6-19/h1-4H,5-8H2. The summed E-state index contributed by atoms with van der Waals surface area (Å²) in [5.74, 6) is 0. The van der Waals surface area contributed by atoms with Crippen LogP contribution in [0.15, 0.2) is 29.1 Å². The van der Waals surface area contributed by atoms with E-state index in [0.29, 0.717) is 22.6 Å². The number of benzene rings is 1. The molecule has 0 bridgehead atoms. The number of morpholine rings is 1. The summed E-state index contributed by atoms with van der Waals surface area (Å²) in [4.78, 5) is 25.8. The van der Waals surface area contributed by atoms with Crippen molar-refractivity contribution in [3.8, 4) is 5.69 Å². The highest BCUT2D eigenvalue weighted by Gasteiger charge is 2.35. The summed E-state index contributed by atoms with van der Waals surface area (Å²) >= 11 is 0. The van der Waals surface area contributed by atoms with E-state index in [4.69, 9.17) is 4.74 Å². The summed E-state index contributed by atoms with van der Waals surface area (Å²) in [7, 11) is 0. The van der Waals surface area contributed by atoms with E-state index in [9.17, 15) is 22.8 Å². The quantitative estimate of drug-likeness (QED) is 0.714. The van der Waals surface area contributed by atoms with E-state index in [1.54, 1.807) is 0 Å². The molecule has 0 saturated carbocycles. The van der Waals surface area contributed by atoms with E-state index in [1.807, 2.05) is 0 Å². The van der Waals surface area contributed by atoms with Crippen LogP contribution >= 0.6 is 0 Å². The molecule has 8 nitrogen and oxygen atoms in total. The van der Waals surface area contributed by atoms with Crippen molar-refractivity contribution < 1.29 is 22.7 Å². The summed E-state index contributed by atoms with van der Waals surface area (Å²) in [6.07, 6.45) is -4.67. The smallest absolute Gasteiger partial charge is 0.378 e. The second kappa shape index (κ2) is 6.07. The monoisotopic (exact) mass is 343 g/mol. The van der Waals surface area contributed by atoms with Crippen LogP contribution in [-0.4, -0.2) is 57.0 Å². The van der Waals surface area contributed by atoms with Gasteiger partial charge in [-0.1, -0.05) is 12.1 Å². The Bertz CT molecular complexity index is 808. The number of ether oxygens (including phenoxy) is 1. The number of nitrogens with zero attached hydrogens (tertiary/aromatic N) is 5. The van der Waals surface area contributed by atoms with E-state index >= 15 is 0 Å². The van der Waals surface area contributed by atoms with Crippen LogP contribution in [0, 0.1) is 0 Å². The Hall–Kier alpha value is -2.69. The Morgan fingerprint density at radius 3 is 2.46 bits per heavy atom. The lowest BCUT2D eigenvalue weighted by atomic mass is 10.2. The van der Waals surface area contributed by atoms with Gasteiger partial charge in [-0.2, -0.15) is 17.9 Å². The van der Waals surface area contributed by atoms with Crippen molar-refractivity contribution in [2.45, 2.75) is 6.18 Å². The minimum atomic E-state index is -4.67. The number of carbonyl (C=O) groups is 1. The highest BCUT2D eigenvalue weighted by molar-refractivity contribution is 5.75. The summed E-state index contributed by atoms with van der Waals surface area (Å²) in [6.45, 7) is 1.14. The number of hydrogen-bond donors (Lipinski definition) is 0. The molecule has 2 heterocycles. The van der Waals surface area contributed by atoms with Crippen LogP contribution in [0.4, 0.5) is 18.0 Å². The number of halogens is 3. The molecule has 3 rings (SSSR count). The van der Waals surface area contributed by atoms with Crippen molar-refractivity contribution in [2.75, 3.05) is 26.3 Å². The van der Waals surface area contributed by atoms with E-state index in [1.165, 1.54) is 17.0 Å². The molecular formula is C13H12F3N5O3. The first kappa shape index (κ1) is 16.2. The zero-order chi connectivity index (χ0) is 17.3. The fraction of sp³-hybridized carbons (Fsp3) is 0.385. The van der Waals surface area contributed by atoms with E-state index in [0.717, 1.165) is 12.1 Å². The van der Waals surface area contributed by atoms with Crippen LogP contribution in [0.25, 0.3) is 5.69 Å². The molecule has 1 fully saturated rings. The Morgan fingerprint density at radius 1 is 1.12 bits per heavy atom. The zero-order valence-corrected chi connectivity index (χ0v) is 12.2. The number of alkyl halides is 3. The molecule has 1 aromatic heterocycles. The normalized spacial score (nSPS) is 15.5. The van der Waals surface area contributed by atoms with Crippen molar-refractivity contribution in [1.29, 1.82) is 0 Å². The Kier molecular flexibility index (Phi) is 4.09. The van der Waals surface area contributed by atoms with Gasteiger partial charge in [-0.25, -0.2) is 9.59 Å². The highest BCUT2D eigenvalue weighted by Crippen LogP contribution is 2.32. The van der Waals surface area contributed by atoms with Crippen LogP contribution in [0.1, 0.15) is 5.56 Å². The first-order valence-electron chi connectivity index (χ1n) is 6.98. The van der Waals surface area contributed by atoms with Crippen LogP contribution in [0.5, 0.6) is 0 Å². The predicted octanol–water partition coefficient (Wildman–Crippen LogP) is 0.748. The number of tetrazole rings is 1. The minimum Gasteiger partial charge on any atom is -0.378 e. The number of aromatic nitrogens is 4. The predicted molar refractivity (Wildman–Crippen MR) is 73.8 cm³/mol. The van der Waals surface area contributed by atoms with Crippen LogP contribution in [0.2, 0.25) is 0 Å². The molecule has 24 heavy (non-hydrogen) atoms. The van der Waals surface area contributed by atoms with Gasteiger partial charge in [0.1, 0.15) is 0 Å². The lowest BCUT2D eigenvalue weighted by Crippen LogP contribution is -2.46. The lowest BCUT2D eigenvalue weighted by molar-refractivity contribution is -0.137. The van der Waals surface area contributed by atoms with E-state index in [2.05, 4.69) is 10.4 Å². The highest BCUT2D eigenvalue weighted by atomic mass is 19.4. The average Bonchev–Trinajstić information content (AvgIpc) is 2.95. The maximum Gasteiger partial charge on any atom is 0.418 e. The van der Waals surface area contributed by atoms with Gasteiger partial charge in [-0.15, -0.1) is 4.68 Å². The summed E-state index contributed by atoms with van der Waals surface area (Å²) in [5.41, 5.74) is -2.60. The first-order chi connectivity index (χ1) is 11.4. The Balaban J connectivity index is 2.00. The van der Waals surface area contributed by atoms with Crippen molar-refractivity contribution >= 4 is 6.03 Å². The maximum atomic E-state index is 13.1. The second-order valence-electron chi connectivity index (χ2n) is 4.98. The minimum absolute atomic E-state index is 0.261. The average molecular weight is 343 g/mol. The van der Waals surface area contributed by atoms with E-state index < -0.39 is 29.1 Å². The molecular weight excluding hydrogens is 331 g/mol. The summed E-state index contributed by atoms with van der Waals surface area (Å²) < 4.78 is 45.2. The SMILES string of the molecule is O=C(N1CCOCC1)n1nnn(-c2ccccc2C(F)(F)F)c1=O. The molecule has 0 spiro atoms. The molecule has 1 saturated heterocycles. The molecule has 0 N–H and O–H groups in total. The van der Waals surface area contributed by atoms with Crippen molar-refractivity contribution in [1.82, 2.24) is 24.7 Å². The van der Waals surface area contributed by atoms with Crippen LogP contribution in [-0.2, 0) is 10.9 Å². The van der Waals surface area contributed by atoms with Gasteiger partial charge in [0.15, 0.2) is 0 Å². The molecule has 128 valence electrons. The number of rotatable bonds is 1. The first-order valence-corrected chi connectivity index (χ1v) is 6.98. The molecule has 11 heteroatoms. The Morgan fingerprint density at radius 2 is 1.79 bits per heavy atom. The number of hydrogen-bond acceptors (Lipinski definition) is 5. The molecule has 0 aliphatic carbocycles. The third-order valence-corrected chi connectivity index (χ3v) is 3.48. The fourth-order valence-corrected chi connectivity index (χ4v) is 2.30. The van der Waals surface area contributed by atoms with Crippen molar-refractivity contribution in [2.24, 2.45) is 0 Å². The largest absolute Gasteiger partial charge is 0.418 e. The molecule has 1 amide bonds. The van der Waals surface area contributed by atoms with Crippen molar-refractivity contribution in [3.63, 3.8) is 0 Å². The van der Waals surface area contributed by atoms with Gasteiger partial charge < -0.3 is 9.64 Å². The van der Waals surface area contributed by atoms with Gasteiger partial charge in [-0.05, 0) is 22.6 Å². The molecule has 2 aromatic rings. The number of para-hydroxylation sites is 1. The molecule has 1 aromatic carbocycles.